The van der Waals surface area contributed by atoms with Crippen LogP contribution in [0.2, 0.25) is 0 Å². The summed E-state index contributed by atoms with van der Waals surface area (Å²) < 4.78 is 11.5. The van der Waals surface area contributed by atoms with E-state index in [1.165, 1.54) is 0 Å². The van der Waals surface area contributed by atoms with Crippen molar-refractivity contribution in [3.8, 4) is 5.75 Å². The van der Waals surface area contributed by atoms with Gasteiger partial charge in [0.1, 0.15) is 17.4 Å². The van der Waals surface area contributed by atoms with Crippen molar-refractivity contribution in [1.29, 1.82) is 0 Å². The highest BCUT2D eigenvalue weighted by atomic mass is 32.1. The summed E-state index contributed by atoms with van der Waals surface area (Å²) in [6, 6.07) is 10.2. The second-order valence-corrected chi connectivity index (χ2v) is 7.13. The van der Waals surface area contributed by atoms with E-state index < -0.39 is 0 Å². The summed E-state index contributed by atoms with van der Waals surface area (Å²) in [6.07, 6.45) is 1.04. The molecule has 1 N–H and O–H groups in total. The van der Waals surface area contributed by atoms with E-state index in [0.717, 1.165) is 36.0 Å². The molecule has 5 heteroatoms. The standard InChI is InChI=1S/C17H22N2O2S/c1-17(2)8-13(10-21-17)18-9-14-12-22-16(19-14)11-20-15-6-4-3-5-7-15/h3-7,12-13,18H,8-11H2,1-2H3. The number of rotatable bonds is 6. The Morgan fingerprint density at radius 1 is 1.36 bits per heavy atom. The molecule has 2 aromatic rings. The van der Waals surface area contributed by atoms with Gasteiger partial charge in [0.15, 0.2) is 0 Å². The molecule has 1 aromatic heterocycles. The zero-order valence-corrected chi connectivity index (χ0v) is 13.9. The van der Waals surface area contributed by atoms with Crippen molar-refractivity contribution in [2.75, 3.05) is 6.61 Å². The Labute approximate surface area is 135 Å². The minimum absolute atomic E-state index is 0.00553. The number of para-hydroxylation sites is 1. The third kappa shape index (κ3) is 4.29. The van der Waals surface area contributed by atoms with Crippen LogP contribution in [0.5, 0.6) is 5.75 Å². The van der Waals surface area contributed by atoms with Gasteiger partial charge in [-0.25, -0.2) is 4.98 Å². The summed E-state index contributed by atoms with van der Waals surface area (Å²) in [4.78, 5) is 4.61. The number of thiazole rings is 1. The molecule has 1 unspecified atom stereocenters. The number of hydrogen-bond donors (Lipinski definition) is 1. The summed E-state index contributed by atoms with van der Waals surface area (Å²) in [5, 5.41) is 6.62. The fourth-order valence-corrected chi connectivity index (χ4v) is 3.28. The minimum Gasteiger partial charge on any atom is -0.486 e. The highest BCUT2D eigenvalue weighted by Crippen LogP contribution is 2.24. The van der Waals surface area contributed by atoms with E-state index in [1.807, 2.05) is 30.3 Å². The Balaban J connectivity index is 1.45. The maximum Gasteiger partial charge on any atom is 0.140 e. The summed E-state index contributed by atoms with van der Waals surface area (Å²) in [5.41, 5.74) is 1.07. The molecule has 1 saturated heterocycles. The van der Waals surface area contributed by atoms with Crippen LogP contribution in [0, 0.1) is 0 Å². The van der Waals surface area contributed by atoms with Gasteiger partial charge in [0.05, 0.1) is 17.9 Å². The molecule has 1 aliphatic rings. The molecule has 1 fully saturated rings. The van der Waals surface area contributed by atoms with Gasteiger partial charge < -0.3 is 14.8 Å². The lowest BCUT2D eigenvalue weighted by molar-refractivity contribution is 0.0357. The number of hydrogen-bond acceptors (Lipinski definition) is 5. The molecule has 0 radical (unpaired) electrons. The van der Waals surface area contributed by atoms with Crippen LogP contribution in [-0.4, -0.2) is 23.2 Å². The Kier molecular flexibility index (Phi) is 4.76. The van der Waals surface area contributed by atoms with Crippen molar-refractivity contribution in [2.45, 2.75) is 45.1 Å². The number of nitrogens with zero attached hydrogens (tertiary/aromatic N) is 1. The molecular formula is C17H22N2O2S. The van der Waals surface area contributed by atoms with Crippen molar-refractivity contribution in [3.63, 3.8) is 0 Å². The fourth-order valence-electron chi connectivity index (χ4n) is 2.58. The molecule has 1 aromatic carbocycles. The molecule has 0 spiro atoms. The molecule has 0 bridgehead atoms. The minimum atomic E-state index is -0.00553. The largest absolute Gasteiger partial charge is 0.486 e. The SMILES string of the molecule is CC1(C)CC(NCc2csc(COc3ccccc3)n2)CO1. The van der Waals surface area contributed by atoms with Crippen LogP contribution >= 0.6 is 11.3 Å². The van der Waals surface area contributed by atoms with E-state index in [4.69, 9.17) is 9.47 Å². The second kappa shape index (κ2) is 6.77. The summed E-state index contributed by atoms with van der Waals surface area (Å²) in [7, 11) is 0. The predicted octanol–water partition coefficient (Wildman–Crippen LogP) is 3.38. The Bertz CT molecular complexity index is 598. The molecule has 22 heavy (non-hydrogen) atoms. The molecule has 0 aliphatic carbocycles. The summed E-state index contributed by atoms with van der Waals surface area (Å²) >= 11 is 1.64. The van der Waals surface area contributed by atoms with Gasteiger partial charge >= 0.3 is 0 Å². The Morgan fingerprint density at radius 3 is 2.91 bits per heavy atom. The normalized spacial score (nSPS) is 20.2. The first kappa shape index (κ1) is 15.5. The number of benzene rings is 1. The lowest BCUT2D eigenvalue weighted by atomic mass is 10.0. The average molecular weight is 318 g/mol. The zero-order chi connectivity index (χ0) is 15.4. The summed E-state index contributed by atoms with van der Waals surface area (Å²) in [5.74, 6) is 0.878. The molecular weight excluding hydrogens is 296 g/mol. The maximum atomic E-state index is 5.73. The molecule has 118 valence electrons. The average Bonchev–Trinajstić information content (AvgIpc) is 3.10. The Morgan fingerprint density at radius 2 is 2.18 bits per heavy atom. The molecule has 4 nitrogen and oxygen atoms in total. The first-order chi connectivity index (χ1) is 10.6. The van der Waals surface area contributed by atoms with Gasteiger partial charge in [-0.2, -0.15) is 0 Å². The lowest BCUT2D eigenvalue weighted by Gasteiger charge is -2.15. The van der Waals surface area contributed by atoms with E-state index in [0.29, 0.717) is 12.6 Å². The van der Waals surface area contributed by atoms with E-state index in [2.05, 4.69) is 29.5 Å². The third-order valence-corrected chi connectivity index (χ3v) is 4.56. The lowest BCUT2D eigenvalue weighted by Crippen LogP contribution is -2.30. The van der Waals surface area contributed by atoms with Crippen molar-refractivity contribution in [1.82, 2.24) is 10.3 Å². The number of aromatic nitrogens is 1. The maximum absolute atomic E-state index is 5.73. The van der Waals surface area contributed by atoms with Gasteiger partial charge in [0, 0.05) is 18.0 Å². The molecule has 1 atom stereocenters. The van der Waals surface area contributed by atoms with Crippen LogP contribution in [0.25, 0.3) is 0 Å². The van der Waals surface area contributed by atoms with Crippen LogP contribution in [0.1, 0.15) is 31.0 Å². The van der Waals surface area contributed by atoms with Crippen molar-refractivity contribution in [3.05, 3.63) is 46.4 Å². The van der Waals surface area contributed by atoms with Gasteiger partial charge in [-0.15, -0.1) is 11.3 Å². The van der Waals surface area contributed by atoms with Crippen LogP contribution in [0.3, 0.4) is 0 Å². The van der Waals surface area contributed by atoms with Gasteiger partial charge in [0.2, 0.25) is 0 Å². The fraction of sp³-hybridized carbons (Fsp3) is 0.471. The van der Waals surface area contributed by atoms with Gasteiger partial charge in [-0.1, -0.05) is 18.2 Å². The van der Waals surface area contributed by atoms with Crippen LogP contribution in [-0.2, 0) is 17.9 Å². The van der Waals surface area contributed by atoms with E-state index in [-0.39, 0.29) is 5.60 Å². The highest BCUT2D eigenvalue weighted by Gasteiger charge is 2.31. The van der Waals surface area contributed by atoms with E-state index >= 15 is 0 Å². The first-order valence-electron chi connectivity index (χ1n) is 7.59. The van der Waals surface area contributed by atoms with Crippen LogP contribution in [0.4, 0.5) is 0 Å². The molecule has 1 aliphatic heterocycles. The quantitative estimate of drug-likeness (QED) is 0.887. The monoisotopic (exact) mass is 318 g/mol. The number of nitrogens with one attached hydrogen (secondary N) is 1. The first-order valence-corrected chi connectivity index (χ1v) is 8.47. The van der Waals surface area contributed by atoms with E-state index in [9.17, 15) is 0 Å². The predicted molar refractivity (Wildman–Crippen MR) is 88.2 cm³/mol. The third-order valence-electron chi connectivity index (χ3n) is 3.69. The van der Waals surface area contributed by atoms with Gasteiger partial charge in [0.25, 0.3) is 0 Å². The molecule has 2 heterocycles. The number of ether oxygens (including phenoxy) is 2. The van der Waals surface area contributed by atoms with E-state index in [1.54, 1.807) is 11.3 Å². The zero-order valence-electron chi connectivity index (χ0n) is 13.0. The molecule has 0 amide bonds. The highest BCUT2D eigenvalue weighted by molar-refractivity contribution is 7.09. The molecule has 3 rings (SSSR count). The van der Waals surface area contributed by atoms with Crippen LogP contribution < -0.4 is 10.1 Å². The Hall–Kier alpha value is -1.43. The van der Waals surface area contributed by atoms with Crippen molar-refractivity contribution < 1.29 is 9.47 Å². The van der Waals surface area contributed by atoms with Gasteiger partial charge in [-0.05, 0) is 32.4 Å². The van der Waals surface area contributed by atoms with Crippen LogP contribution in [0.15, 0.2) is 35.7 Å². The van der Waals surface area contributed by atoms with Crippen molar-refractivity contribution in [2.24, 2.45) is 0 Å². The molecule has 0 saturated carbocycles. The van der Waals surface area contributed by atoms with Crippen molar-refractivity contribution >= 4 is 11.3 Å². The second-order valence-electron chi connectivity index (χ2n) is 6.19. The topological polar surface area (TPSA) is 43.4 Å². The smallest absolute Gasteiger partial charge is 0.140 e. The van der Waals surface area contributed by atoms with Gasteiger partial charge in [-0.3, -0.25) is 0 Å². The summed E-state index contributed by atoms with van der Waals surface area (Å²) in [6.45, 7) is 6.36.